The van der Waals surface area contributed by atoms with Crippen molar-refractivity contribution in [1.29, 1.82) is 0 Å². The third-order valence-electron chi connectivity index (χ3n) is 6.49. The van der Waals surface area contributed by atoms with Crippen LogP contribution in [-0.2, 0) is 9.59 Å². The Labute approximate surface area is 154 Å². The van der Waals surface area contributed by atoms with Crippen molar-refractivity contribution >= 4 is 17.8 Å². The number of likely N-dealkylation sites (tertiary alicyclic amines) is 1. The lowest BCUT2D eigenvalue weighted by molar-refractivity contribution is -0.134. The second kappa shape index (κ2) is 7.18. The summed E-state index contributed by atoms with van der Waals surface area (Å²) in [7, 11) is 0. The number of carbonyl (C=O) groups is 3. The molecule has 26 heavy (non-hydrogen) atoms. The Morgan fingerprint density at radius 2 is 1.81 bits per heavy atom. The number of hydrogen-bond acceptors (Lipinski definition) is 4. The molecule has 4 amide bonds. The maximum absolute atomic E-state index is 12.6. The van der Waals surface area contributed by atoms with Gasteiger partial charge in [-0.2, -0.15) is 0 Å². The first-order valence-electron chi connectivity index (χ1n) is 10.2. The molecule has 2 aliphatic carbocycles. The van der Waals surface area contributed by atoms with Gasteiger partial charge in [-0.05, 0) is 51.0 Å². The first-order chi connectivity index (χ1) is 12.6. The summed E-state index contributed by atoms with van der Waals surface area (Å²) in [6, 6.07) is 0.195. The van der Waals surface area contributed by atoms with E-state index in [2.05, 4.69) is 10.6 Å². The van der Waals surface area contributed by atoms with Crippen LogP contribution in [0.15, 0.2) is 0 Å². The number of nitrogens with one attached hydrogen (secondary N) is 2. The normalized spacial score (nSPS) is 26.0. The van der Waals surface area contributed by atoms with Gasteiger partial charge in [0.05, 0.1) is 0 Å². The van der Waals surface area contributed by atoms with Crippen molar-refractivity contribution in [3.63, 3.8) is 0 Å². The molecule has 0 bridgehead atoms. The van der Waals surface area contributed by atoms with Gasteiger partial charge in [-0.3, -0.25) is 14.5 Å². The van der Waals surface area contributed by atoms with E-state index in [9.17, 15) is 14.4 Å². The summed E-state index contributed by atoms with van der Waals surface area (Å²) in [4.78, 5) is 40.4. The summed E-state index contributed by atoms with van der Waals surface area (Å²) in [5, 5.41) is 6.49. The second-order valence-electron chi connectivity index (χ2n) is 8.43. The fraction of sp³-hybridized carbons (Fsp3) is 0.842. The van der Waals surface area contributed by atoms with E-state index >= 15 is 0 Å². The van der Waals surface area contributed by atoms with Crippen LogP contribution in [-0.4, -0.2) is 65.4 Å². The first-order valence-corrected chi connectivity index (χ1v) is 10.2. The van der Waals surface area contributed by atoms with Crippen molar-refractivity contribution in [3.05, 3.63) is 0 Å². The molecule has 4 aliphatic rings. The standard InChI is InChI=1S/C19H30N4O3/c24-16(22-10-5-15(6-11-22)20-13-14-3-4-14)7-12-23-17(25)19(21-18(23)26)8-1-2-9-19/h14-15,20H,1-13H2,(H,21,26). The lowest BCUT2D eigenvalue weighted by Crippen LogP contribution is -2.46. The SMILES string of the molecule is O=C(CCN1C(=O)NC2(CCCC2)C1=O)N1CCC(NCC2CC2)CC1. The molecule has 2 saturated heterocycles. The highest BCUT2D eigenvalue weighted by atomic mass is 16.2. The number of rotatable bonds is 6. The van der Waals surface area contributed by atoms with Gasteiger partial charge >= 0.3 is 6.03 Å². The van der Waals surface area contributed by atoms with E-state index < -0.39 is 5.54 Å². The minimum Gasteiger partial charge on any atom is -0.343 e. The fourth-order valence-corrected chi connectivity index (χ4v) is 4.55. The van der Waals surface area contributed by atoms with Crippen LogP contribution in [0.1, 0.15) is 57.8 Å². The highest BCUT2D eigenvalue weighted by molar-refractivity contribution is 6.07. The predicted molar refractivity (Wildman–Crippen MR) is 96.4 cm³/mol. The van der Waals surface area contributed by atoms with Crippen LogP contribution in [0.2, 0.25) is 0 Å². The lowest BCUT2D eigenvalue weighted by Gasteiger charge is -2.33. The van der Waals surface area contributed by atoms with Crippen molar-refractivity contribution in [1.82, 2.24) is 20.4 Å². The number of hydrogen-bond donors (Lipinski definition) is 2. The topological polar surface area (TPSA) is 81.8 Å². The van der Waals surface area contributed by atoms with E-state index in [1.807, 2.05) is 4.90 Å². The summed E-state index contributed by atoms with van der Waals surface area (Å²) in [6.45, 7) is 2.86. The average Bonchev–Trinajstić information content (AvgIpc) is 3.31. The van der Waals surface area contributed by atoms with Crippen LogP contribution in [0.3, 0.4) is 0 Å². The molecule has 2 heterocycles. The van der Waals surface area contributed by atoms with Crippen molar-refractivity contribution < 1.29 is 14.4 Å². The summed E-state index contributed by atoms with van der Waals surface area (Å²) >= 11 is 0. The average molecular weight is 362 g/mol. The maximum Gasteiger partial charge on any atom is 0.325 e. The highest BCUT2D eigenvalue weighted by Gasteiger charge is 2.52. The highest BCUT2D eigenvalue weighted by Crippen LogP contribution is 2.35. The van der Waals surface area contributed by atoms with Gasteiger partial charge in [0.1, 0.15) is 5.54 Å². The van der Waals surface area contributed by atoms with Crippen LogP contribution in [0.5, 0.6) is 0 Å². The zero-order chi connectivity index (χ0) is 18.1. The van der Waals surface area contributed by atoms with Gasteiger partial charge in [-0.15, -0.1) is 0 Å². The van der Waals surface area contributed by atoms with E-state index in [-0.39, 0.29) is 30.8 Å². The van der Waals surface area contributed by atoms with Gasteiger partial charge in [0, 0.05) is 32.1 Å². The second-order valence-corrected chi connectivity index (χ2v) is 8.43. The van der Waals surface area contributed by atoms with Gasteiger partial charge in [-0.25, -0.2) is 4.79 Å². The molecular weight excluding hydrogens is 332 g/mol. The number of carbonyl (C=O) groups excluding carboxylic acids is 3. The number of imide groups is 1. The molecule has 0 radical (unpaired) electrons. The van der Waals surface area contributed by atoms with E-state index in [4.69, 9.17) is 0 Å². The maximum atomic E-state index is 12.6. The number of piperidine rings is 1. The number of nitrogens with zero attached hydrogens (tertiary/aromatic N) is 2. The van der Waals surface area contributed by atoms with Gasteiger partial charge in [0.2, 0.25) is 5.91 Å². The molecule has 4 rings (SSSR count). The lowest BCUT2D eigenvalue weighted by atomic mass is 9.98. The Bertz CT molecular complexity index is 575. The first kappa shape index (κ1) is 17.8. The van der Waals surface area contributed by atoms with Gasteiger partial charge in [0.25, 0.3) is 5.91 Å². The Morgan fingerprint density at radius 3 is 2.46 bits per heavy atom. The summed E-state index contributed by atoms with van der Waals surface area (Å²) in [5.74, 6) is 0.802. The molecule has 2 aliphatic heterocycles. The zero-order valence-electron chi connectivity index (χ0n) is 15.5. The van der Waals surface area contributed by atoms with Crippen molar-refractivity contribution in [2.75, 3.05) is 26.2 Å². The minimum absolute atomic E-state index is 0.0543. The molecule has 144 valence electrons. The number of urea groups is 1. The molecule has 0 aromatic heterocycles. The minimum atomic E-state index is -0.675. The van der Waals surface area contributed by atoms with Gasteiger partial charge in [0.15, 0.2) is 0 Å². The Balaban J connectivity index is 1.21. The summed E-state index contributed by atoms with van der Waals surface area (Å²) < 4.78 is 0. The quantitative estimate of drug-likeness (QED) is 0.697. The largest absolute Gasteiger partial charge is 0.343 e. The smallest absolute Gasteiger partial charge is 0.325 e. The van der Waals surface area contributed by atoms with Crippen molar-refractivity contribution in [2.45, 2.75) is 69.4 Å². The molecule has 7 heteroatoms. The van der Waals surface area contributed by atoms with Gasteiger partial charge in [-0.1, -0.05) is 12.8 Å². The predicted octanol–water partition coefficient (Wildman–Crippen LogP) is 1.23. The van der Waals surface area contributed by atoms with Crippen molar-refractivity contribution in [3.8, 4) is 0 Å². The molecular formula is C19H30N4O3. The molecule has 0 aromatic carbocycles. The zero-order valence-corrected chi connectivity index (χ0v) is 15.5. The summed E-state index contributed by atoms with van der Waals surface area (Å²) in [5.41, 5.74) is -0.675. The molecule has 7 nitrogen and oxygen atoms in total. The third kappa shape index (κ3) is 3.59. The molecule has 1 spiro atoms. The third-order valence-corrected chi connectivity index (χ3v) is 6.49. The Morgan fingerprint density at radius 1 is 1.12 bits per heavy atom. The van der Waals surface area contributed by atoms with Crippen LogP contribution in [0.25, 0.3) is 0 Å². The molecule has 4 fully saturated rings. The van der Waals surface area contributed by atoms with E-state index in [0.29, 0.717) is 6.04 Å². The fourth-order valence-electron chi connectivity index (χ4n) is 4.55. The van der Waals surface area contributed by atoms with Crippen LogP contribution >= 0.6 is 0 Å². The summed E-state index contributed by atoms with van der Waals surface area (Å²) in [6.07, 6.45) is 8.32. The Hall–Kier alpha value is -1.63. The van der Waals surface area contributed by atoms with Crippen LogP contribution in [0.4, 0.5) is 4.79 Å². The van der Waals surface area contributed by atoms with Crippen molar-refractivity contribution in [2.24, 2.45) is 5.92 Å². The molecule has 0 aromatic rings. The van der Waals surface area contributed by atoms with Crippen LogP contribution < -0.4 is 10.6 Å². The monoisotopic (exact) mass is 362 g/mol. The molecule has 0 atom stereocenters. The van der Waals surface area contributed by atoms with Gasteiger partial charge < -0.3 is 15.5 Å². The van der Waals surface area contributed by atoms with E-state index in [1.165, 1.54) is 17.7 Å². The molecule has 0 unspecified atom stereocenters. The van der Waals surface area contributed by atoms with E-state index in [0.717, 1.165) is 64.1 Å². The van der Waals surface area contributed by atoms with E-state index in [1.54, 1.807) is 0 Å². The van der Waals surface area contributed by atoms with Crippen LogP contribution in [0, 0.1) is 5.92 Å². The molecule has 2 saturated carbocycles. The number of amides is 4. The molecule has 2 N–H and O–H groups in total. The Kier molecular flexibility index (Phi) is 4.90.